The Morgan fingerprint density at radius 3 is 2.60 bits per heavy atom. The number of amides is 1. The molecule has 0 heterocycles. The van der Waals surface area contributed by atoms with E-state index in [0.29, 0.717) is 25.2 Å². The lowest BCUT2D eigenvalue weighted by Gasteiger charge is -2.26. The molecule has 108 valence electrons. The van der Waals surface area contributed by atoms with Crippen LogP contribution in [-0.2, 0) is 16.0 Å². The van der Waals surface area contributed by atoms with Gasteiger partial charge in [0.05, 0.1) is 0 Å². The van der Waals surface area contributed by atoms with Crippen molar-refractivity contribution in [3.63, 3.8) is 0 Å². The Hall–Kier alpha value is -1.16. The van der Waals surface area contributed by atoms with Crippen LogP contribution in [0.5, 0.6) is 0 Å². The summed E-state index contributed by atoms with van der Waals surface area (Å²) in [4.78, 5) is 25.3. The molecule has 0 bridgehead atoms. The highest BCUT2D eigenvalue weighted by molar-refractivity contribution is 9.10. The highest BCUT2D eigenvalue weighted by Gasteiger charge is 2.26. The molecule has 2 rings (SSSR count). The lowest BCUT2D eigenvalue weighted by Crippen LogP contribution is -2.36. The molecule has 1 amide bonds. The first-order valence-electron chi connectivity index (χ1n) is 7.08. The van der Waals surface area contributed by atoms with Crippen LogP contribution in [0.3, 0.4) is 0 Å². The molecular weight excluding hydrogens is 318 g/mol. The Labute approximate surface area is 128 Å². The van der Waals surface area contributed by atoms with Crippen LogP contribution in [0.25, 0.3) is 0 Å². The van der Waals surface area contributed by atoms with Crippen LogP contribution in [0.4, 0.5) is 0 Å². The summed E-state index contributed by atoms with van der Waals surface area (Å²) in [6, 6.07) is 8.09. The first-order valence-corrected chi connectivity index (χ1v) is 7.87. The Morgan fingerprint density at radius 2 is 1.95 bits per heavy atom. The second kappa shape index (κ2) is 7.02. The fourth-order valence-corrected chi connectivity index (χ4v) is 3.08. The minimum atomic E-state index is 0.0388. The summed E-state index contributed by atoms with van der Waals surface area (Å²) < 4.78 is 1.09. The lowest BCUT2D eigenvalue weighted by molar-refractivity contribution is -0.136. The van der Waals surface area contributed by atoms with Gasteiger partial charge in [0.2, 0.25) is 5.91 Å². The van der Waals surface area contributed by atoms with E-state index < -0.39 is 0 Å². The van der Waals surface area contributed by atoms with Gasteiger partial charge < -0.3 is 4.90 Å². The van der Waals surface area contributed by atoms with Gasteiger partial charge in [-0.25, -0.2) is 0 Å². The molecule has 1 aromatic rings. The van der Waals surface area contributed by atoms with Crippen molar-refractivity contribution in [1.82, 2.24) is 4.90 Å². The zero-order chi connectivity index (χ0) is 14.5. The number of likely N-dealkylation sites (N-methyl/N-ethyl adjacent to an activating group) is 1. The number of nitrogens with zero attached hydrogens (tertiary/aromatic N) is 1. The molecule has 0 atom stereocenters. The van der Waals surface area contributed by atoms with Crippen LogP contribution in [-0.4, -0.2) is 30.2 Å². The van der Waals surface area contributed by atoms with E-state index in [9.17, 15) is 9.59 Å². The van der Waals surface area contributed by atoms with Gasteiger partial charge in [0.1, 0.15) is 5.78 Å². The maximum absolute atomic E-state index is 12.3. The molecule has 1 saturated carbocycles. The highest BCUT2D eigenvalue weighted by atomic mass is 79.9. The summed E-state index contributed by atoms with van der Waals surface area (Å²) in [5, 5.41) is 0. The molecule has 0 aromatic heterocycles. The number of benzene rings is 1. The third-order valence-electron chi connectivity index (χ3n) is 3.94. The van der Waals surface area contributed by atoms with Crippen LogP contribution in [0.2, 0.25) is 0 Å². The predicted molar refractivity (Wildman–Crippen MR) is 82.4 cm³/mol. The van der Waals surface area contributed by atoms with Crippen molar-refractivity contribution in [1.29, 1.82) is 0 Å². The molecule has 1 aromatic carbocycles. The third-order valence-corrected chi connectivity index (χ3v) is 4.72. The van der Waals surface area contributed by atoms with Crippen molar-refractivity contribution < 1.29 is 9.59 Å². The number of halogens is 1. The number of rotatable bonds is 4. The summed E-state index contributed by atoms with van der Waals surface area (Å²) in [6.07, 6.45) is 3.41. The van der Waals surface area contributed by atoms with E-state index in [1.165, 1.54) is 5.56 Å². The summed E-state index contributed by atoms with van der Waals surface area (Å²) >= 11 is 3.53. The van der Waals surface area contributed by atoms with E-state index in [4.69, 9.17) is 0 Å². The molecule has 4 heteroatoms. The van der Waals surface area contributed by atoms with Gasteiger partial charge in [-0.05, 0) is 30.9 Å². The van der Waals surface area contributed by atoms with Gasteiger partial charge in [-0.15, -0.1) is 0 Å². The highest BCUT2D eigenvalue weighted by Crippen LogP contribution is 2.23. The maximum atomic E-state index is 12.3. The van der Waals surface area contributed by atoms with Crippen LogP contribution < -0.4 is 0 Å². The first-order chi connectivity index (χ1) is 9.58. The molecule has 1 fully saturated rings. The topological polar surface area (TPSA) is 37.4 Å². The minimum absolute atomic E-state index is 0.0388. The zero-order valence-corrected chi connectivity index (χ0v) is 13.4. The molecular formula is C16H20BrNO2. The average Bonchev–Trinajstić information content (AvgIpc) is 2.46. The van der Waals surface area contributed by atoms with Gasteiger partial charge in [0.25, 0.3) is 0 Å². The predicted octanol–water partition coefficient (Wildman–Crippen LogP) is 3.21. The number of hydrogen-bond donors (Lipinski definition) is 0. The monoisotopic (exact) mass is 337 g/mol. The molecule has 0 saturated heterocycles. The van der Waals surface area contributed by atoms with Crippen molar-refractivity contribution in [2.75, 3.05) is 13.6 Å². The minimum Gasteiger partial charge on any atom is -0.345 e. The first kappa shape index (κ1) is 15.2. The van der Waals surface area contributed by atoms with Gasteiger partial charge in [-0.1, -0.05) is 34.1 Å². The van der Waals surface area contributed by atoms with Crippen LogP contribution in [0.1, 0.15) is 31.2 Å². The number of hydrogen-bond acceptors (Lipinski definition) is 2. The number of carbonyl (C=O) groups excluding carboxylic acids is 2. The number of Topliss-reactive ketones (excluding diaryl/α,β-unsaturated/α-hetero) is 1. The number of ketones is 1. The van der Waals surface area contributed by atoms with Crippen LogP contribution in [0.15, 0.2) is 28.7 Å². The van der Waals surface area contributed by atoms with Crippen molar-refractivity contribution in [3.05, 3.63) is 34.3 Å². The van der Waals surface area contributed by atoms with Crippen LogP contribution in [0, 0.1) is 5.92 Å². The normalized spacial score (nSPS) is 16.2. The second-order valence-corrected chi connectivity index (χ2v) is 6.27. The van der Waals surface area contributed by atoms with E-state index in [1.807, 2.05) is 25.2 Å². The van der Waals surface area contributed by atoms with E-state index in [2.05, 4.69) is 22.0 Å². The Bertz CT molecular complexity index is 491. The van der Waals surface area contributed by atoms with E-state index >= 15 is 0 Å². The van der Waals surface area contributed by atoms with Crippen molar-refractivity contribution in [2.45, 2.75) is 32.1 Å². The van der Waals surface area contributed by atoms with Gasteiger partial charge in [0.15, 0.2) is 0 Å². The Kier molecular flexibility index (Phi) is 5.35. The fourth-order valence-electron chi connectivity index (χ4n) is 2.60. The van der Waals surface area contributed by atoms with Gasteiger partial charge in [0, 0.05) is 36.8 Å². The molecule has 0 aliphatic heterocycles. The molecule has 1 aliphatic rings. The lowest BCUT2D eigenvalue weighted by atomic mass is 9.87. The van der Waals surface area contributed by atoms with Gasteiger partial charge in [-0.3, -0.25) is 9.59 Å². The molecule has 0 radical (unpaired) electrons. The quantitative estimate of drug-likeness (QED) is 0.845. The van der Waals surface area contributed by atoms with E-state index in [1.54, 1.807) is 4.90 Å². The van der Waals surface area contributed by atoms with Gasteiger partial charge in [-0.2, -0.15) is 0 Å². The Balaban J connectivity index is 1.85. The SMILES string of the molecule is CN(CCc1ccccc1Br)C(=O)C1CCC(=O)CC1. The molecule has 20 heavy (non-hydrogen) atoms. The summed E-state index contributed by atoms with van der Waals surface area (Å²) in [7, 11) is 1.86. The van der Waals surface area contributed by atoms with E-state index in [-0.39, 0.29) is 11.8 Å². The van der Waals surface area contributed by atoms with Crippen molar-refractivity contribution in [2.24, 2.45) is 5.92 Å². The largest absolute Gasteiger partial charge is 0.345 e. The van der Waals surface area contributed by atoms with Crippen molar-refractivity contribution >= 4 is 27.6 Å². The summed E-state index contributed by atoms with van der Waals surface area (Å²) in [5.74, 6) is 0.520. The van der Waals surface area contributed by atoms with E-state index in [0.717, 1.165) is 23.7 Å². The third kappa shape index (κ3) is 3.92. The Morgan fingerprint density at radius 1 is 1.30 bits per heavy atom. The second-order valence-electron chi connectivity index (χ2n) is 5.41. The molecule has 0 spiro atoms. The summed E-state index contributed by atoms with van der Waals surface area (Å²) in [6.45, 7) is 0.714. The van der Waals surface area contributed by atoms with Crippen molar-refractivity contribution in [3.8, 4) is 0 Å². The summed E-state index contributed by atoms with van der Waals surface area (Å²) in [5.41, 5.74) is 1.21. The fraction of sp³-hybridized carbons (Fsp3) is 0.500. The smallest absolute Gasteiger partial charge is 0.225 e. The molecule has 0 unspecified atom stereocenters. The molecule has 0 N–H and O–H groups in total. The maximum Gasteiger partial charge on any atom is 0.225 e. The number of carbonyl (C=O) groups is 2. The molecule has 3 nitrogen and oxygen atoms in total. The average molecular weight is 338 g/mol. The zero-order valence-electron chi connectivity index (χ0n) is 11.8. The van der Waals surface area contributed by atoms with Crippen LogP contribution >= 0.6 is 15.9 Å². The standard InChI is InChI=1S/C16H20BrNO2/c1-18(11-10-12-4-2-3-5-15(12)17)16(20)13-6-8-14(19)9-7-13/h2-5,13H,6-11H2,1H3. The van der Waals surface area contributed by atoms with Gasteiger partial charge >= 0.3 is 0 Å². The molecule has 1 aliphatic carbocycles.